The summed E-state index contributed by atoms with van der Waals surface area (Å²) < 4.78 is 13.7. The highest BCUT2D eigenvalue weighted by Crippen LogP contribution is 2.45. The van der Waals surface area contributed by atoms with Crippen LogP contribution >= 0.6 is 11.8 Å². The molecule has 4 heteroatoms. The fraction of sp³-hybridized carbons (Fsp3) is 0.333. The van der Waals surface area contributed by atoms with Crippen LogP contribution in [-0.2, 0) is 11.2 Å². The Balaban J connectivity index is 2.22. The van der Waals surface area contributed by atoms with Gasteiger partial charge in [-0.1, -0.05) is 17.8 Å². The van der Waals surface area contributed by atoms with Crippen LogP contribution in [-0.4, -0.2) is 18.0 Å². The molecule has 0 unspecified atom stereocenters. The molecule has 1 heterocycles. The molecule has 0 radical (unpaired) electrons. The van der Waals surface area contributed by atoms with Gasteiger partial charge in [0.1, 0.15) is 11.8 Å². The molecule has 0 amide bonds. The molecule has 0 spiro atoms. The van der Waals surface area contributed by atoms with Gasteiger partial charge in [0, 0.05) is 39.5 Å². The largest absolute Gasteiger partial charge is 0.366 e. The molecule has 0 saturated carbocycles. The van der Waals surface area contributed by atoms with E-state index in [1.807, 2.05) is 12.1 Å². The van der Waals surface area contributed by atoms with Gasteiger partial charge in [-0.3, -0.25) is 0 Å². The highest BCUT2D eigenvalue weighted by Gasteiger charge is 2.26. The first-order valence-corrected chi connectivity index (χ1v) is 9.36. The summed E-state index contributed by atoms with van der Waals surface area (Å²) in [6, 6.07) is 11.5. The van der Waals surface area contributed by atoms with E-state index in [9.17, 15) is 9.18 Å². The fourth-order valence-electron chi connectivity index (χ4n) is 3.55. The summed E-state index contributed by atoms with van der Waals surface area (Å²) in [6.07, 6.45) is 0.400. The number of carbonyl (C=O) groups excluding carboxylic acids is 1. The van der Waals surface area contributed by atoms with Gasteiger partial charge in [-0.25, -0.2) is 9.18 Å². The van der Waals surface area contributed by atoms with Gasteiger partial charge < -0.3 is 4.90 Å². The van der Waals surface area contributed by atoms with Crippen LogP contribution in [0.5, 0.6) is 0 Å². The summed E-state index contributed by atoms with van der Waals surface area (Å²) in [5.74, 6) is 1.86. The van der Waals surface area contributed by atoms with Crippen LogP contribution in [0.1, 0.15) is 38.8 Å². The predicted molar refractivity (Wildman–Crippen MR) is 103 cm³/mol. The second kappa shape index (κ2) is 7.07. The number of nitrogens with zero attached hydrogens (tertiary/aromatic N) is 1. The Kier molecular flexibility index (Phi) is 5.03. The fourth-order valence-corrected chi connectivity index (χ4v) is 4.66. The van der Waals surface area contributed by atoms with E-state index < -0.39 is 0 Å². The van der Waals surface area contributed by atoms with Gasteiger partial charge >= 0.3 is 0 Å². The maximum Gasteiger partial charge on any atom is 0.129 e. The molecule has 0 N–H and O–H groups in total. The van der Waals surface area contributed by atoms with Gasteiger partial charge in [0.05, 0.1) is 5.57 Å². The van der Waals surface area contributed by atoms with Gasteiger partial charge in [0.15, 0.2) is 0 Å². The molecule has 2 aromatic carbocycles. The highest BCUT2D eigenvalue weighted by molar-refractivity contribution is 7.99. The highest BCUT2D eigenvalue weighted by atomic mass is 32.2. The molecule has 1 aliphatic rings. The first-order chi connectivity index (χ1) is 11.9. The van der Waals surface area contributed by atoms with Gasteiger partial charge in [-0.2, -0.15) is 0 Å². The van der Waals surface area contributed by atoms with Crippen molar-refractivity contribution >= 4 is 29.0 Å². The second-order valence-corrected chi connectivity index (χ2v) is 7.94. The van der Waals surface area contributed by atoms with Gasteiger partial charge in [0.25, 0.3) is 0 Å². The van der Waals surface area contributed by atoms with Crippen LogP contribution in [0, 0.1) is 5.82 Å². The van der Waals surface area contributed by atoms with Crippen LogP contribution in [0.25, 0.3) is 5.57 Å². The lowest BCUT2D eigenvalue weighted by atomic mass is 9.96. The second-order valence-electron chi connectivity index (χ2n) is 6.86. The van der Waals surface area contributed by atoms with Crippen LogP contribution in [0.3, 0.4) is 0 Å². The average molecular weight is 355 g/mol. The van der Waals surface area contributed by atoms with Crippen LogP contribution in [0.15, 0.2) is 46.2 Å². The molecule has 0 aromatic heterocycles. The number of rotatable bonds is 3. The van der Waals surface area contributed by atoms with E-state index in [0.717, 1.165) is 26.6 Å². The predicted octanol–water partition coefficient (Wildman–Crippen LogP) is 5.37. The molecular weight excluding hydrogens is 333 g/mol. The third kappa shape index (κ3) is 3.37. The molecule has 0 bridgehead atoms. The molecule has 0 atom stereocenters. The number of hydrogen-bond donors (Lipinski definition) is 0. The lowest BCUT2D eigenvalue weighted by molar-refractivity contribution is 0.569. The van der Waals surface area contributed by atoms with Gasteiger partial charge in [0.2, 0.25) is 0 Å². The molecule has 3 rings (SSSR count). The Bertz CT molecular complexity index is 845. The molecule has 0 fully saturated rings. The Morgan fingerprint density at radius 3 is 2.44 bits per heavy atom. The van der Waals surface area contributed by atoms with Gasteiger partial charge in [-0.15, -0.1) is 0 Å². The van der Waals surface area contributed by atoms with Gasteiger partial charge in [-0.05, 0) is 63.6 Å². The van der Waals surface area contributed by atoms with E-state index in [2.05, 4.69) is 44.6 Å². The van der Waals surface area contributed by atoms with E-state index in [0.29, 0.717) is 24.1 Å². The summed E-state index contributed by atoms with van der Waals surface area (Å²) in [7, 11) is 0. The Morgan fingerprint density at radius 2 is 1.80 bits per heavy atom. The lowest BCUT2D eigenvalue weighted by Gasteiger charge is -2.35. The molecule has 0 aliphatic carbocycles. The quantitative estimate of drug-likeness (QED) is 0.690. The number of anilines is 1. The summed E-state index contributed by atoms with van der Waals surface area (Å²) in [4.78, 5) is 16.1. The van der Waals surface area contributed by atoms with Crippen molar-refractivity contribution in [3.05, 3.63) is 53.3 Å². The minimum absolute atomic E-state index is 0.276. The molecule has 130 valence electrons. The van der Waals surface area contributed by atoms with E-state index >= 15 is 0 Å². The average Bonchev–Trinajstić information content (AvgIpc) is 2.70. The molecule has 25 heavy (non-hydrogen) atoms. The van der Waals surface area contributed by atoms with Crippen LogP contribution in [0.4, 0.5) is 10.1 Å². The van der Waals surface area contributed by atoms with Crippen molar-refractivity contribution in [1.29, 1.82) is 0 Å². The SMILES string of the molecule is CC(C)N(c1cccc2c1C(=C=O)Cc1cc(F)ccc1S2)C(C)C. The van der Waals surface area contributed by atoms with Crippen molar-refractivity contribution in [2.75, 3.05) is 4.90 Å². The van der Waals surface area contributed by atoms with E-state index in [1.54, 1.807) is 17.8 Å². The number of benzene rings is 2. The smallest absolute Gasteiger partial charge is 0.129 e. The minimum atomic E-state index is -0.276. The number of hydrogen-bond acceptors (Lipinski definition) is 3. The van der Waals surface area contributed by atoms with Crippen molar-refractivity contribution in [1.82, 2.24) is 0 Å². The van der Waals surface area contributed by atoms with Crippen molar-refractivity contribution in [2.24, 2.45) is 0 Å². The topological polar surface area (TPSA) is 20.3 Å². The molecule has 2 nitrogen and oxygen atoms in total. The van der Waals surface area contributed by atoms with Crippen LogP contribution < -0.4 is 4.90 Å². The van der Waals surface area contributed by atoms with Crippen molar-refractivity contribution in [2.45, 2.75) is 56.0 Å². The first-order valence-electron chi connectivity index (χ1n) is 8.54. The maximum absolute atomic E-state index is 13.7. The number of allylic oxidation sites excluding steroid dienone is 1. The van der Waals surface area contributed by atoms with Crippen molar-refractivity contribution in [3.8, 4) is 0 Å². The van der Waals surface area contributed by atoms with Crippen LogP contribution in [0.2, 0.25) is 0 Å². The Morgan fingerprint density at radius 1 is 1.08 bits per heavy atom. The summed E-state index contributed by atoms with van der Waals surface area (Å²) in [5, 5.41) is 0. The molecule has 0 saturated heterocycles. The molecular formula is C21H22FNOS. The van der Waals surface area contributed by atoms with E-state index in [4.69, 9.17) is 0 Å². The zero-order valence-corrected chi connectivity index (χ0v) is 15.8. The summed E-state index contributed by atoms with van der Waals surface area (Å²) >= 11 is 1.59. The Hall–Kier alpha value is -2.03. The third-order valence-corrected chi connectivity index (χ3v) is 5.61. The number of fused-ring (bicyclic) bond motifs is 2. The lowest BCUT2D eigenvalue weighted by Crippen LogP contribution is -2.37. The standard InChI is InChI=1S/C21H22FNOS/c1-13(2)23(14(3)4)18-6-5-7-20-21(18)16(12-24)10-15-11-17(22)8-9-19(15)25-20/h5-9,11,13-14H,10H2,1-4H3. The first kappa shape index (κ1) is 17.8. The van der Waals surface area contributed by atoms with E-state index in [1.165, 1.54) is 12.1 Å². The van der Waals surface area contributed by atoms with Crippen molar-refractivity contribution < 1.29 is 9.18 Å². The summed E-state index contributed by atoms with van der Waals surface area (Å²) in [5.41, 5.74) is 3.41. The van der Waals surface area contributed by atoms with E-state index in [-0.39, 0.29) is 5.82 Å². The summed E-state index contributed by atoms with van der Waals surface area (Å²) in [6.45, 7) is 8.60. The molecule has 1 aliphatic heterocycles. The van der Waals surface area contributed by atoms with Crippen molar-refractivity contribution in [3.63, 3.8) is 0 Å². The Labute approximate surface area is 152 Å². The zero-order valence-electron chi connectivity index (χ0n) is 15.0. The third-order valence-electron chi connectivity index (χ3n) is 4.43. The maximum atomic E-state index is 13.7. The number of halogens is 1. The molecule has 2 aromatic rings. The zero-order chi connectivity index (χ0) is 18.1. The monoisotopic (exact) mass is 355 g/mol. The minimum Gasteiger partial charge on any atom is -0.366 e. The normalized spacial score (nSPS) is 13.3.